The number of fused-ring (bicyclic) bond motifs is 3. The van der Waals surface area contributed by atoms with Crippen LogP contribution in [0.15, 0.2) is 16.7 Å². The highest BCUT2D eigenvalue weighted by Gasteiger charge is 2.38. The first-order chi connectivity index (χ1) is 9.17. The fourth-order valence-electron chi connectivity index (χ4n) is 4.13. The van der Waals surface area contributed by atoms with Crippen molar-refractivity contribution < 1.29 is 0 Å². The molecule has 2 aliphatic carbocycles. The topological polar surface area (TPSA) is 17.3 Å². The minimum Gasteiger partial charge on any atom is -0.302 e. The summed E-state index contributed by atoms with van der Waals surface area (Å²) in [6.07, 6.45) is 11.7. The van der Waals surface area contributed by atoms with E-state index in [-0.39, 0.29) is 0 Å². The lowest BCUT2D eigenvalue weighted by molar-refractivity contribution is 0.250. The third kappa shape index (κ3) is 1.78. The van der Waals surface area contributed by atoms with Gasteiger partial charge in [-0.25, -0.2) is 4.98 Å². The average molecular weight is 319 g/mol. The number of hydrogen-bond acceptors (Lipinski definition) is 1. The Balaban J connectivity index is 1.89. The van der Waals surface area contributed by atoms with E-state index >= 15 is 0 Å². The van der Waals surface area contributed by atoms with Crippen LogP contribution in [0.25, 0.3) is 5.65 Å². The van der Waals surface area contributed by atoms with Gasteiger partial charge >= 0.3 is 0 Å². The number of aromatic nitrogens is 2. The van der Waals surface area contributed by atoms with Crippen molar-refractivity contribution in [3.05, 3.63) is 33.7 Å². The normalized spacial score (nSPS) is 21.2. The Bertz CT molecular complexity index is 650. The molecular weight excluding hydrogens is 300 g/mol. The van der Waals surface area contributed by atoms with Crippen LogP contribution in [0.1, 0.15) is 49.1 Å². The van der Waals surface area contributed by atoms with Gasteiger partial charge < -0.3 is 4.40 Å². The molecule has 2 aromatic heterocycles. The molecule has 0 aliphatic heterocycles. The summed E-state index contributed by atoms with van der Waals surface area (Å²) in [6, 6.07) is 2.17. The molecule has 1 spiro atoms. The summed E-state index contributed by atoms with van der Waals surface area (Å²) < 4.78 is 3.50. The number of hydrogen-bond donors (Lipinski definition) is 0. The molecule has 0 bridgehead atoms. The molecule has 100 valence electrons. The maximum Gasteiger partial charge on any atom is 0.140 e. The van der Waals surface area contributed by atoms with Gasteiger partial charge in [0.05, 0.1) is 5.69 Å². The zero-order valence-corrected chi connectivity index (χ0v) is 13.0. The maximum atomic E-state index is 4.89. The van der Waals surface area contributed by atoms with Crippen molar-refractivity contribution in [3.63, 3.8) is 0 Å². The number of imidazole rings is 1. The second-order valence-corrected chi connectivity index (χ2v) is 7.34. The van der Waals surface area contributed by atoms with Crippen LogP contribution in [0.5, 0.6) is 0 Å². The maximum absolute atomic E-state index is 4.89. The van der Waals surface area contributed by atoms with Gasteiger partial charge in [0.15, 0.2) is 0 Å². The summed E-state index contributed by atoms with van der Waals surface area (Å²) in [5.74, 6) is 0. The minimum atomic E-state index is 0.596. The molecule has 0 atom stereocenters. The number of aryl methyl sites for hydroxylation is 2. The molecule has 0 unspecified atom stereocenters. The van der Waals surface area contributed by atoms with Gasteiger partial charge in [-0.3, -0.25) is 0 Å². The van der Waals surface area contributed by atoms with E-state index in [2.05, 4.69) is 39.5 Å². The molecule has 2 nitrogen and oxygen atoms in total. The van der Waals surface area contributed by atoms with E-state index in [0.717, 1.165) is 10.1 Å². The van der Waals surface area contributed by atoms with Crippen molar-refractivity contribution in [1.29, 1.82) is 0 Å². The zero-order chi connectivity index (χ0) is 13.0. The smallest absolute Gasteiger partial charge is 0.140 e. The lowest BCUT2D eigenvalue weighted by Gasteiger charge is -2.32. The highest BCUT2D eigenvalue weighted by atomic mass is 79.9. The average Bonchev–Trinajstić information content (AvgIpc) is 2.96. The lowest BCUT2D eigenvalue weighted by atomic mass is 9.73. The molecule has 0 aromatic carbocycles. The van der Waals surface area contributed by atoms with E-state index in [0.29, 0.717) is 5.41 Å². The predicted octanol–water partition coefficient (Wildman–Crippen LogP) is 4.45. The lowest BCUT2D eigenvalue weighted by Crippen LogP contribution is -2.26. The Kier molecular flexibility index (Phi) is 2.57. The Hall–Kier alpha value is -0.830. The van der Waals surface area contributed by atoms with Gasteiger partial charge in [0, 0.05) is 16.4 Å². The first-order valence-electron chi connectivity index (χ1n) is 7.33. The van der Waals surface area contributed by atoms with Crippen LogP contribution in [0.3, 0.4) is 0 Å². The Morgan fingerprint density at radius 1 is 1.26 bits per heavy atom. The molecule has 0 N–H and O–H groups in total. The summed E-state index contributed by atoms with van der Waals surface area (Å²) in [5.41, 5.74) is 5.85. The number of rotatable bonds is 0. The van der Waals surface area contributed by atoms with Crippen LogP contribution in [0.2, 0.25) is 0 Å². The van der Waals surface area contributed by atoms with Gasteiger partial charge in [0.1, 0.15) is 5.65 Å². The summed E-state index contributed by atoms with van der Waals surface area (Å²) in [6.45, 7) is 2.16. The van der Waals surface area contributed by atoms with Crippen molar-refractivity contribution >= 4 is 21.6 Å². The second-order valence-electron chi connectivity index (χ2n) is 6.42. The fourth-order valence-corrected chi connectivity index (χ4v) is 4.68. The molecule has 0 saturated heterocycles. The van der Waals surface area contributed by atoms with E-state index in [9.17, 15) is 0 Å². The van der Waals surface area contributed by atoms with Crippen molar-refractivity contribution in [2.24, 2.45) is 5.41 Å². The first-order valence-corrected chi connectivity index (χ1v) is 8.12. The summed E-state index contributed by atoms with van der Waals surface area (Å²) >= 11 is 3.62. The third-order valence-electron chi connectivity index (χ3n) is 5.15. The Morgan fingerprint density at radius 3 is 2.84 bits per heavy atom. The van der Waals surface area contributed by atoms with Crippen molar-refractivity contribution in [3.8, 4) is 0 Å². The molecule has 0 radical (unpaired) electrons. The Morgan fingerprint density at radius 2 is 2.05 bits per heavy atom. The summed E-state index contributed by atoms with van der Waals surface area (Å²) in [7, 11) is 0. The van der Waals surface area contributed by atoms with Gasteiger partial charge in [-0.1, -0.05) is 12.8 Å². The molecule has 1 saturated carbocycles. The number of pyridine rings is 1. The molecular formula is C16H19BrN2. The molecule has 19 heavy (non-hydrogen) atoms. The van der Waals surface area contributed by atoms with E-state index in [1.54, 1.807) is 0 Å². The van der Waals surface area contributed by atoms with Crippen molar-refractivity contribution in [2.75, 3.05) is 0 Å². The van der Waals surface area contributed by atoms with Crippen LogP contribution in [0, 0.1) is 12.3 Å². The fraction of sp³-hybridized carbons (Fsp3) is 0.562. The second kappa shape index (κ2) is 4.08. The van der Waals surface area contributed by atoms with Crippen molar-refractivity contribution in [2.45, 2.75) is 51.9 Å². The van der Waals surface area contributed by atoms with Crippen LogP contribution in [-0.4, -0.2) is 9.38 Å². The van der Waals surface area contributed by atoms with Crippen LogP contribution in [0.4, 0.5) is 0 Å². The third-order valence-corrected chi connectivity index (χ3v) is 5.58. The Labute approximate surface area is 122 Å². The summed E-state index contributed by atoms with van der Waals surface area (Å²) in [4.78, 5) is 4.89. The highest BCUT2D eigenvalue weighted by molar-refractivity contribution is 9.10. The van der Waals surface area contributed by atoms with Gasteiger partial charge in [-0.2, -0.15) is 0 Å². The minimum absolute atomic E-state index is 0.596. The van der Waals surface area contributed by atoms with Gasteiger partial charge in [0.2, 0.25) is 0 Å². The van der Waals surface area contributed by atoms with Gasteiger partial charge in [-0.15, -0.1) is 0 Å². The molecule has 3 heteroatoms. The quantitative estimate of drug-likeness (QED) is 0.701. The monoisotopic (exact) mass is 318 g/mol. The van der Waals surface area contributed by atoms with E-state index in [1.165, 1.54) is 61.9 Å². The SMILES string of the molecule is Cc1cc(Br)cn2c3c(nc12)CCC1(CCCC1)C3. The van der Waals surface area contributed by atoms with E-state index in [1.807, 2.05) is 0 Å². The largest absolute Gasteiger partial charge is 0.302 e. The van der Waals surface area contributed by atoms with E-state index in [4.69, 9.17) is 4.98 Å². The van der Waals surface area contributed by atoms with Crippen LogP contribution in [-0.2, 0) is 12.8 Å². The molecule has 2 aliphatic rings. The van der Waals surface area contributed by atoms with E-state index < -0.39 is 0 Å². The highest BCUT2D eigenvalue weighted by Crippen LogP contribution is 2.47. The van der Waals surface area contributed by atoms with Gasteiger partial charge in [-0.05, 0) is 72.0 Å². The first kappa shape index (κ1) is 12.0. The van der Waals surface area contributed by atoms with Crippen molar-refractivity contribution in [1.82, 2.24) is 9.38 Å². The zero-order valence-electron chi connectivity index (χ0n) is 11.4. The van der Waals surface area contributed by atoms with Crippen LogP contribution >= 0.6 is 15.9 Å². The number of nitrogens with zero attached hydrogens (tertiary/aromatic N) is 2. The predicted molar refractivity (Wildman–Crippen MR) is 80.6 cm³/mol. The molecule has 2 aromatic rings. The van der Waals surface area contributed by atoms with Crippen LogP contribution < -0.4 is 0 Å². The standard InChI is InChI=1S/C16H19BrN2/c1-11-8-12(17)10-19-14-9-16(5-2-3-6-16)7-4-13(14)18-15(11)19/h8,10H,2-7,9H2,1H3. The molecule has 0 amide bonds. The molecule has 1 fully saturated rings. The molecule has 2 heterocycles. The van der Waals surface area contributed by atoms with Gasteiger partial charge in [0.25, 0.3) is 0 Å². The number of halogens is 1. The summed E-state index contributed by atoms with van der Waals surface area (Å²) in [5, 5.41) is 0. The molecule has 4 rings (SSSR count).